The van der Waals surface area contributed by atoms with E-state index < -0.39 is 20.5 Å². The minimum Gasteiger partial charge on any atom is -0.312 e. The first kappa shape index (κ1) is 12.9. The first-order valence-corrected chi connectivity index (χ1v) is 8.43. The molecule has 1 rings (SSSR count). The van der Waals surface area contributed by atoms with Gasteiger partial charge < -0.3 is 4.57 Å². The number of pyridine rings is 1. The Kier molecular flexibility index (Phi) is 4.19. The molecule has 3 atom stereocenters. The highest BCUT2D eigenvalue weighted by molar-refractivity contribution is 7.79. The SMILES string of the molecule is C[P+](=O)C(N=[N+]=[N-])P(C)(=O)c1ccccn1. The molecule has 0 bridgehead atoms. The van der Waals surface area contributed by atoms with Crippen molar-refractivity contribution >= 4 is 20.4 Å². The molecule has 0 fully saturated rings. The van der Waals surface area contributed by atoms with Crippen LogP contribution in [0.3, 0.4) is 0 Å². The number of hydrogen-bond acceptors (Lipinski definition) is 4. The molecule has 0 aromatic carbocycles. The van der Waals surface area contributed by atoms with Gasteiger partial charge in [0.15, 0.2) is 7.14 Å². The predicted octanol–water partition coefficient (Wildman–Crippen LogP) is 2.75. The molecule has 0 radical (unpaired) electrons. The van der Waals surface area contributed by atoms with Gasteiger partial charge in [0.1, 0.15) is 12.1 Å². The lowest BCUT2D eigenvalue weighted by molar-refractivity contribution is 0.574. The highest BCUT2D eigenvalue weighted by Gasteiger charge is 2.42. The fraction of sp³-hybridized carbons (Fsp3) is 0.375. The Morgan fingerprint density at radius 2 is 2.31 bits per heavy atom. The van der Waals surface area contributed by atoms with Crippen LogP contribution in [-0.4, -0.2) is 23.8 Å². The lowest BCUT2D eigenvalue weighted by Crippen LogP contribution is -2.14. The molecule has 0 aliphatic heterocycles. The first-order valence-electron chi connectivity index (χ1n) is 4.43. The molecule has 0 spiro atoms. The Bertz CT molecular complexity index is 482. The van der Waals surface area contributed by atoms with Crippen molar-refractivity contribution in [3.63, 3.8) is 0 Å². The molecule has 1 heterocycles. The van der Waals surface area contributed by atoms with Crippen molar-refractivity contribution in [1.82, 2.24) is 4.98 Å². The maximum Gasteiger partial charge on any atom is 0.353 e. The van der Waals surface area contributed by atoms with Crippen molar-refractivity contribution in [3.8, 4) is 0 Å². The van der Waals surface area contributed by atoms with Gasteiger partial charge in [0.2, 0.25) is 0 Å². The van der Waals surface area contributed by atoms with Crippen LogP contribution in [0.25, 0.3) is 10.4 Å². The monoisotopic (exact) mass is 257 g/mol. The van der Waals surface area contributed by atoms with Gasteiger partial charge in [0.25, 0.3) is 5.52 Å². The summed E-state index contributed by atoms with van der Waals surface area (Å²) in [7, 11) is -4.90. The molecular weight excluding hydrogens is 246 g/mol. The first-order chi connectivity index (χ1) is 7.50. The largest absolute Gasteiger partial charge is 0.353 e. The van der Waals surface area contributed by atoms with E-state index in [9.17, 15) is 9.13 Å². The molecule has 0 amide bonds. The lowest BCUT2D eigenvalue weighted by atomic mass is 10.5. The lowest BCUT2D eigenvalue weighted by Gasteiger charge is -2.11. The van der Waals surface area contributed by atoms with E-state index in [0.29, 0.717) is 5.44 Å². The molecule has 0 saturated heterocycles. The molecule has 84 valence electrons. The highest BCUT2D eigenvalue weighted by atomic mass is 31.2. The van der Waals surface area contributed by atoms with Gasteiger partial charge in [-0.1, -0.05) is 10.6 Å². The van der Waals surface area contributed by atoms with E-state index in [4.69, 9.17) is 5.53 Å². The van der Waals surface area contributed by atoms with Crippen LogP contribution >= 0.6 is 14.9 Å². The van der Waals surface area contributed by atoms with Gasteiger partial charge in [-0.05, 0) is 29.4 Å². The summed E-state index contributed by atoms with van der Waals surface area (Å²) in [6.45, 7) is 2.83. The average Bonchev–Trinajstić information content (AvgIpc) is 2.26. The van der Waals surface area contributed by atoms with E-state index in [1.807, 2.05) is 0 Å². The molecule has 6 nitrogen and oxygen atoms in total. The van der Waals surface area contributed by atoms with Crippen molar-refractivity contribution in [3.05, 3.63) is 34.8 Å². The molecule has 1 aromatic heterocycles. The number of aromatic nitrogens is 1. The molecular formula is C8H11N4O2P2+. The van der Waals surface area contributed by atoms with E-state index >= 15 is 0 Å². The van der Waals surface area contributed by atoms with Gasteiger partial charge in [-0.25, -0.2) is 0 Å². The standard InChI is InChI=1S/C8H11N4O2P2/c1-15(13)8(11-12-9)16(2,14)7-5-3-4-6-10-7/h3-6,8H,1-2H3/q+1. The molecule has 16 heavy (non-hydrogen) atoms. The van der Waals surface area contributed by atoms with Crippen LogP contribution in [-0.2, 0) is 9.13 Å². The second-order valence-corrected chi connectivity index (χ2v) is 8.19. The van der Waals surface area contributed by atoms with Crippen molar-refractivity contribution in [2.24, 2.45) is 5.11 Å². The topological polar surface area (TPSA) is 95.8 Å². The number of nitrogens with zero attached hydrogens (tertiary/aromatic N) is 4. The van der Waals surface area contributed by atoms with E-state index in [1.165, 1.54) is 19.5 Å². The van der Waals surface area contributed by atoms with Gasteiger partial charge in [-0.3, -0.25) is 4.98 Å². The Morgan fingerprint density at radius 3 is 2.75 bits per heavy atom. The third-order valence-corrected chi connectivity index (χ3v) is 7.24. The number of azide groups is 1. The van der Waals surface area contributed by atoms with Crippen molar-refractivity contribution in [1.29, 1.82) is 0 Å². The summed E-state index contributed by atoms with van der Waals surface area (Å²) in [5.74, 6) is 0. The van der Waals surface area contributed by atoms with Gasteiger partial charge >= 0.3 is 7.80 Å². The zero-order chi connectivity index (χ0) is 12.2. The Morgan fingerprint density at radius 1 is 1.62 bits per heavy atom. The van der Waals surface area contributed by atoms with E-state index in [0.717, 1.165) is 0 Å². The van der Waals surface area contributed by atoms with Gasteiger partial charge in [-0.15, -0.1) is 0 Å². The van der Waals surface area contributed by atoms with Gasteiger partial charge in [0.05, 0.1) is 0 Å². The zero-order valence-electron chi connectivity index (χ0n) is 8.89. The fourth-order valence-corrected chi connectivity index (χ4v) is 5.45. The van der Waals surface area contributed by atoms with Crippen LogP contribution in [0.4, 0.5) is 0 Å². The third-order valence-electron chi connectivity index (χ3n) is 2.03. The predicted molar refractivity (Wildman–Crippen MR) is 63.9 cm³/mol. The smallest absolute Gasteiger partial charge is 0.312 e. The van der Waals surface area contributed by atoms with Crippen LogP contribution in [0.1, 0.15) is 0 Å². The van der Waals surface area contributed by atoms with Crippen LogP contribution in [0.15, 0.2) is 29.5 Å². The molecule has 1 aromatic rings. The summed E-state index contributed by atoms with van der Waals surface area (Å²) < 4.78 is 23.9. The molecule has 0 aliphatic rings. The average molecular weight is 257 g/mol. The summed E-state index contributed by atoms with van der Waals surface area (Å²) in [5.41, 5.74) is 7.69. The fourth-order valence-electron chi connectivity index (χ4n) is 1.26. The summed E-state index contributed by atoms with van der Waals surface area (Å²) in [6.07, 6.45) is 1.50. The minimum atomic E-state index is -3.04. The van der Waals surface area contributed by atoms with Crippen LogP contribution < -0.4 is 5.44 Å². The molecule has 0 saturated carbocycles. The van der Waals surface area contributed by atoms with Crippen LogP contribution in [0, 0.1) is 0 Å². The zero-order valence-corrected chi connectivity index (χ0v) is 10.7. The number of rotatable bonds is 4. The normalized spacial score (nSPS) is 16.8. The maximum absolute atomic E-state index is 12.4. The maximum atomic E-state index is 12.4. The highest BCUT2D eigenvalue weighted by Crippen LogP contribution is 2.55. The van der Waals surface area contributed by atoms with Crippen molar-refractivity contribution in [2.75, 3.05) is 13.3 Å². The second kappa shape index (κ2) is 5.22. The molecule has 8 heteroatoms. The Hall–Kier alpha value is -1.21. The summed E-state index contributed by atoms with van der Waals surface area (Å²) in [4.78, 5) is 6.55. The second-order valence-electron chi connectivity index (χ2n) is 3.28. The van der Waals surface area contributed by atoms with E-state index in [1.54, 1.807) is 18.2 Å². The Labute approximate surface area is 93.9 Å². The summed E-state index contributed by atoms with van der Waals surface area (Å²) >= 11 is 0. The summed E-state index contributed by atoms with van der Waals surface area (Å²) in [6, 6.07) is 4.96. The third kappa shape index (κ3) is 2.67. The van der Waals surface area contributed by atoms with E-state index in [-0.39, 0.29) is 0 Å². The van der Waals surface area contributed by atoms with Crippen LogP contribution in [0.5, 0.6) is 0 Å². The Balaban J connectivity index is 3.23. The number of hydrogen-bond donors (Lipinski definition) is 0. The minimum absolute atomic E-state index is 0.331. The van der Waals surface area contributed by atoms with Crippen LogP contribution in [0.2, 0.25) is 0 Å². The molecule has 3 unspecified atom stereocenters. The molecule has 0 N–H and O–H groups in total. The van der Waals surface area contributed by atoms with Crippen molar-refractivity contribution < 1.29 is 9.13 Å². The summed E-state index contributed by atoms with van der Waals surface area (Å²) in [5, 5.41) is 3.37. The van der Waals surface area contributed by atoms with Crippen molar-refractivity contribution in [2.45, 2.75) is 5.52 Å². The van der Waals surface area contributed by atoms with E-state index in [2.05, 4.69) is 15.0 Å². The van der Waals surface area contributed by atoms with Gasteiger partial charge in [0, 0.05) is 11.1 Å². The molecule has 0 aliphatic carbocycles. The quantitative estimate of drug-likeness (QED) is 0.359. The van der Waals surface area contributed by atoms with Gasteiger partial charge in [-0.2, -0.15) is 0 Å².